The molecular formula is C8H9N3OS. The van der Waals surface area contributed by atoms with Crippen molar-refractivity contribution in [3.63, 3.8) is 0 Å². The Morgan fingerprint density at radius 2 is 1.92 bits per heavy atom. The summed E-state index contributed by atoms with van der Waals surface area (Å²) in [5.74, 6) is 1.28. The van der Waals surface area contributed by atoms with Crippen LogP contribution in [0.25, 0.3) is 10.3 Å². The molecule has 13 heavy (non-hydrogen) atoms. The number of thiazole rings is 1. The number of aryl methyl sites for hydroxylation is 2. The predicted octanol–water partition coefficient (Wildman–Crippen LogP) is 1.71. The summed E-state index contributed by atoms with van der Waals surface area (Å²) in [6.45, 7) is 3.79. The van der Waals surface area contributed by atoms with Crippen molar-refractivity contribution in [3.8, 4) is 5.88 Å². The maximum absolute atomic E-state index is 5.11. The summed E-state index contributed by atoms with van der Waals surface area (Å²) in [6.07, 6.45) is 0. The van der Waals surface area contributed by atoms with Gasteiger partial charge in [0.2, 0.25) is 5.88 Å². The van der Waals surface area contributed by atoms with E-state index in [2.05, 4.69) is 15.0 Å². The zero-order valence-electron chi connectivity index (χ0n) is 7.66. The Labute approximate surface area is 79.6 Å². The van der Waals surface area contributed by atoms with E-state index in [0.717, 1.165) is 15.4 Å². The van der Waals surface area contributed by atoms with Gasteiger partial charge in [0.1, 0.15) is 5.82 Å². The van der Waals surface area contributed by atoms with E-state index in [1.54, 1.807) is 18.4 Å². The van der Waals surface area contributed by atoms with Gasteiger partial charge in [-0.3, -0.25) is 0 Å². The molecule has 0 atom stereocenters. The summed E-state index contributed by atoms with van der Waals surface area (Å²) in [4.78, 5) is 13.6. The van der Waals surface area contributed by atoms with E-state index in [1.807, 2.05) is 13.8 Å². The minimum absolute atomic E-state index is 0.562. The minimum atomic E-state index is 0.562. The van der Waals surface area contributed by atoms with Crippen molar-refractivity contribution in [1.29, 1.82) is 0 Å². The Morgan fingerprint density at radius 1 is 1.15 bits per heavy atom. The van der Waals surface area contributed by atoms with Crippen LogP contribution in [0.15, 0.2) is 0 Å². The van der Waals surface area contributed by atoms with Crippen LogP contribution in [0.1, 0.15) is 10.8 Å². The highest BCUT2D eigenvalue weighted by Crippen LogP contribution is 2.25. The van der Waals surface area contributed by atoms with E-state index in [1.165, 1.54) is 0 Å². The molecule has 0 saturated heterocycles. The average Bonchev–Trinajstić information content (AvgIpc) is 2.43. The van der Waals surface area contributed by atoms with Crippen molar-refractivity contribution in [3.05, 3.63) is 10.8 Å². The molecule has 2 aromatic rings. The fourth-order valence-corrected chi connectivity index (χ4v) is 1.97. The van der Waals surface area contributed by atoms with Gasteiger partial charge in [0, 0.05) is 0 Å². The molecule has 2 heterocycles. The Morgan fingerprint density at radius 3 is 2.62 bits per heavy atom. The van der Waals surface area contributed by atoms with E-state index >= 15 is 0 Å². The summed E-state index contributed by atoms with van der Waals surface area (Å²) < 4.78 is 5.11. The van der Waals surface area contributed by atoms with Gasteiger partial charge in [-0.25, -0.2) is 9.97 Å². The van der Waals surface area contributed by atoms with Crippen molar-refractivity contribution >= 4 is 21.7 Å². The van der Waals surface area contributed by atoms with Crippen LogP contribution in [-0.2, 0) is 0 Å². The van der Waals surface area contributed by atoms with E-state index in [0.29, 0.717) is 11.7 Å². The molecule has 0 spiro atoms. The van der Waals surface area contributed by atoms with Crippen LogP contribution in [0.4, 0.5) is 0 Å². The van der Waals surface area contributed by atoms with Crippen molar-refractivity contribution in [1.82, 2.24) is 15.0 Å². The lowest BCUT2D eigenvalue weighted by atomic mass is 10.5. The van der Waals surface area contributed by atoms with Gasteiger partial charge in [-0.15, -0.1) is 0 Å². The quantitative estimate of drug-likeness (QED) is 0.695. The first kappa shape index (κ1) is 8.37. The maximum atomic E-state index is 5.11. The molecule has 0 amide bonds. The SMILES string of the molecule is COc1nc(C)nc2sc(C)nc12. The molecule has 2 aromatic heterocycles. The molecule has 5 heteroatoms. The smallest absolute Gasteiger partial charge is 0.244 e. The largest absolute Gasteiger partial charge is 0.479 e. The highest BCUT2D eigenvalue weighted by molar-refractivity contribution is 7.18. The summed E-state index contributed by atoms with van der Waals surface area (Å²) in [5.41, 5.74) is 0.760. The van der Waals surface area contributed by atoms with Crippen LogP contribution in [-0.4, -0.2) is 22.1 Å². The van der Waals surface area contributed by atoms with Crippen molar-refractivity contribution in [2.45, 2.75) is 13.8 Å². The third kappa shape index (κ3) is 1.35. The first-order valence-corrected chi connectivity index (χ1v) is 4.68. The average molecular weight is 195 g/mol. The van der Waals surface area contributed by atoms with Gasteiger partial charge < -0.3 is 4.74 Å². The first-order chi connectivity index (χ1) is 6.20. The second-order valence-electron chi connectivity index (χ2n) is 2.67. The lowest BCUT2D eigenvalue weighted by Crippen LogP contribution is -1.93. The summed E-state index contributed by atoms with van der Waals surface area (Å²) >= 11 is 1.55. The maximum Gasteiger partial charge on any atom is 0.244 e. The molecular weight excluding hydrogens is 186 g/mol. The van der Waals surface area contributed by atoms with Crippen LogP contribution < -0.4 is 4.74 Å². The number of methoxy groups -OCH3 is 1. The Hall–Kier alpha value is -1.23. The Bertz CT molecular complexity index is 452. The van der Waals surface area contributed by atoms with Crippen LogP contribution in [0, 0.1) is 13.8 Å². The number of hydrogen-bond acceptors (Lipinski definition) is 5. The van der Waals surface area contributed by atoms with Gasteiger partial charge in [-0.1, -0.05) is 11.3 Å². The molecule has 0 aliphatic carbocycles. The molecule has 4 nitrogen and oxygen atoms in total. The van der Waals surface area contributed by atoms with E-state index in [-0.39, 0.29) is 0 Å². The van der Waals surface area contributed by atoms with Crippen molar-refractivity contribution in [2.24, 2.45) is 0 Å². The van der Waals surface area contributed by atoms with Gasteiger partial charge in [0.15, 0.2) is 10.3 Å². The molecule has 0 aliphatic heterocycles. The Kier molecular flexibility index (Phi) is 1.88. The fourth-order valence-electron chi connectivity index (χ4n) is 1.15. The van der Waals surface area contributed by atoms with Crippen LogP contribution in [0.2, 0.25) is 0 Å². The molecule has 0 radical (unpaired) electrons. The highest BCUT2D eigenvalue weighted by Gasteiger charge is 2.09. The zero-order valence-corrected chi connectivity index (χ0v) is 8.47. The van der Waals surface area contributed by atoms with E-state index < -0.39 is 0 Å². The molecule has 0 unspecified atom stereocenters. The molecule has 0 N–H and O–H groups in total. The monoisotopic (exact) mass is 195 g/mol. The first-order valence-electron chi connectivity index (χ1n) is 3.86. The van der Waals surface area contributed by atoms with Gasteiger partial charge in [0.25, 0.3) is 0 Å². The van der Waals surface area contributed by atoms with Crippen LogP contribution in [0.3, 0.4) is 0 Å². The molecule has 2 rings (SSSR count). The van der Waals surface area contributed by atoms with E-state index in [9.17, 15) is 0 Å². The predicted molar refractivity (Wildman–Crippen MR) is 51.2 cm³/mol. The lowest BCUT2D eigenvalue weighted by Gasteiger charge is -1.99. The molecule has 0 saturated carbocycles. The Balaban J connectivity index is 2.80. The topological polar surface area (TPSA) is 47.9 Å². The molecule has 0 fully saturated rings. The summed E-state index contributed by atoms with van der Waals surface area (Å²) in [6, 6.07) is 0. The number of fused-ring (bicyclic) bond motifs is 1. The molecule has 0 aliphatic rings. The second kappa shape index (κ2) is 2.92. The fraction of sp³-hybridized carbons (Fsp3) is 0.375. The number of ether oxygens (including phenoxy) is 1. The van der Waals surface area contributed by atoms with Crippen molar-refractivity contribution in [2.75, 3.05) is 7.11 Å². The number of rotatable bonds is 1. The van der Waals surface area contributed by atoms with Crippen LogP contribution >= 0.6 is 11.3 Å². The number of hydrogen-bond donors (Lipinski definition) is 0. The second-order valence-corrected chi connectivity index (χ2v) is 3.85. The zero-order chi connectivity index (χ0) is 9.42. The summed E-state index contributed by atoms with van der Waals surface area (Å²) in [5, 5.41) is 0.980. The number of aromatic nitrogens is 3. The third-order valence-corrected chi connectivity index (χ3v) is 2.50. The highest BCUT2D eigenvalue weighted by atomic mass is 32.1. The standard InChI is InChI=1S/C8H9N3OS/c1-4-9-7(12-3)6-8(10-4)13-5(2)11-6/h1-3H3. The lowest BCUT2D eigenvalue weighted by molar-refractivity contribution is 0.400. The third-order valence-electron chi connectivity index (χ3n) is 1.64. The number of nitrogens with zero attached hydrogens (tertiary/aromatic N) is 3. The molecule has 0 aromatic carbocycles. The van der Waals surface area contributed by atoms with Gasteiger partial charge in [-0.05, 0) is 13.8 Å². The van der Waals surface area contributed by atoms with Crippen molar-refractivity contribution < 1.29 is 4.74 Å². The molecule has 68 valence electrons. The van der Waals surface area contributed by atoms with E-state index in [4.69, 9.17) is 4.74 Å². The van der Waals surface area contributed by atoms with Gasteiger partial charge in [0.05, 0.1) is 12.1 Å². The molecule has 0 bridgehead atoms. The normalized spacial score (nSPS) is 10.7. The minimum Gasteiger partial charge on any atom is -0.479 e. The summed E-state index contributed by atoms with van der Waals surface area (Å²) in [7, 11) is 1.59. The van der Waals surface area contributed by atoms with Gasteiger partial charge in [-0.2, -0.15) is 4.98 Å². The van der Waals surface area contributed by atoms with Crippen LogP contribution in [0.5, 0.6) is 5.88 Å². The van der Waals surface area contributed by atoms with Gasteiger partial charge >= 0.3 is 0 Å².